The second-order valence-corrected chi connectivity index (χ2v) is 6.68. The summed E-state index contributed by atoms with van der Waals surface area (Å²) in [5.74, 6) is 0.342. The van der Waals surface area contributed by atoms with Crippen molar-refractivity contribution in [3.8, 4) is 0 Å². The van der Waals surface area contributed by atoms with Gasteiger partial charge in [-0.3, -0.25) is 15.6 Å². The summed E-state index contributed by atoms with van der Waals surface area (Å²) in [5, 5.41) is 3.89. The third-order valence-corrected chi connectivity index (χ3v) is 3.71. The van der Waals surface area contributed by atoms with Crippen molar-refractivity contribution < 1.29 is 4.79 Å². The third kappa shape index (κ3) is 5.83. The fourth-order valence-corrected chi connectivity index (χ4v) is 2.44. The highest BCUT2D eigenvalue weighted by atomic mass is 35.5. The smallest absolute Gasteiger partial charge is 0.269 e. The van der Waals surface area contributed by atoms with Crippen LogP contribution in [0.1, 0.15) is 29.8 Å². The fourth-order valence-electron chi connectivity index (χ4n) is 2.14. The van der Waals surface area contributed by atoms with E-state index in [0.717, 1.165) is 12.1 Å². The molecule has 0 heterocycles. The van der Waals surface area contributed by atoms with Gasteiger partial charge in [0, 0.05) is 16.3 Å². The second kappa shape index (κ2) is 8.66. The van der Waals surface area contributed by atoms with Gasteiger partial charge in [-0.25, -0.2) is 0 Å². The number of hydrogen-bond acceptors (Lipinski definition) is 2. The maximum Gasteiger partial charge on any atom is 0.269 e. The van der Waals surface area contributed by atoms with Gasteiger partial charge in [0.1, 0.15) is 0 Å². The molecule has 0 atom stereocenters. The molecule has 0 fully saturated rings. The summed E-state index contributed by atoms with van der Waals surface area (Å²) in [6.07, 6.45) is 0.995. The SMILES string of the molecule is CC(C)Cc1ccc(C(=O)NNC(=S)Nc2ccc(Cl)cc2)cc1. The van der Waals surface area contributed by atoms with Gasteiger partial charge in [0.2, 0.25) is 0 Å². The van der Waals surface area contributed by atoms with Crippen LogP contribution >= 0.6 is 23.8 Å². The van der Waals surface area contributed by atoms with Crippen molar-refractivity contribution >= 4 is 40.5 Å². The van der Waals surface area contributed by atoms with Gasteiger partial charge in [0.15, 0.2) is 5.11 Å². The zero-order valence-electron chi connectivity index (χ0n) is 13.6. The molecule has 0 aliphatic carbocycles. The first-order valence-electron chi connectivity index (χ1n) is 7.66. The lowest BCUT2D eigenvalue weighted by Crippen LogP contribution is -2.43. The summed E-state index contributed by atoms with van der Waals surface area (Å²) in [7, 11) is 0. The Morgan fingerprint density at radius 3 is 2.25 bits per heavy atom. The number of carbonyl (C=O) groups excluding carboxylic acids is 1. The molecule has 0 radical (unpaired) electrons. The number of anilines is 1. The number of rotatable bonds is 4. The lowest BCUT2D eigenvalue weighted by molar-refractivity contribution is 0.0944. The molecule has 126 valence electrons. The molecular formula is C18H20ClN3OS. The summed E-state index contributed by atoms with van der Waals surface area (Å²) in [4.78, 5) is 12.1. The van der Waals surface area contributed by atoms with Gasteiger partial charge in [-0.15, -0.1) is 0 Å². The highest BCUT2D eigenvalue weighted by Gasteiger charge is 2.06. The Hall–Kier alpha value is -2.11. The number of nitrogens with one attached hydrogen (secondary N) is 3. The molecule has 2 aromatic rings. The standard InChI is InChI=1S/C18H20ClN3OS/c1-12(2)11-13-3-5-14(6-4-13)17(23)21-22-18(24)20-16-9-7-15(19)8-10-16/h3-10,12H,11H2,1-2H3,(H,21,23)(H2,20,22,24). The molecule has 2 aromatic carbocycles. The first-order valence-corrected chi connectivity index (χ1v) is 8.44. The molecule has 0 spiro atoms. The zero-order valence-corrected chi connectivity index (χ0v) is 15.2. The number of carbonyl (C=O) groups is 1. The van der Waals surface area contributed by atoms with Crippen LogP contribution in [0.5, 0.6) is 0 Å². The van der Waals surface area contributed by atoms with Crippen molar-refractivity contribution in [2.75, 3.05) is 5.32 Å². The van der Waals surface area contributed by atoms with Crippen molar-refractivity contribution in [3.63, 3.8) is 0 Å². The zero-order chi connectivity index (χ0) is 17.5. The van der Waals surface area contributed by atoms with Gasteiger partial charge in [-0.05, 0) is 66.5 Å². The van der Waals surface area contributed by atoms with E-state index < -0.39 is 0 Å². The van der Waals surface area contributed by atoms with Crippen LogP contribution in [0.2, 0.25) is 5.02 Å². The van der Waals surface area contributed by atoms with Gasteiger partial charge in [0.05, 0.1) is 0 Å². The molecule has 6 heteroatoms. The number of benzene rings is 2. The molecule has 0 saturated heterocycles. The lowest BCUT2D eigenvalue weighted by Gasteiger charge is -2.12. The molecule has 0 saturated carbocycles. The number of halogens is 1. The van der Waals surface area contributed by atoms with E-state index in [9.17, 15) is 4.79 Å². The van der Waals surface area contributed by atoms with Crippen molar-refractivity contribution in [1.82, 2.24) is 10.9 Å². The van der Waals surface area contributed by atoms with Crippen LogP contribution in [0.4, 0.5) is 5.69 Å². The summed E-state index contributed by atoms with van der Waals surface area (Å²) in [5.41, 5.74) is 7.82. The second-order valence-electron chi connectivity index (χ2n) is 5.84. The van der Waals surface area contributed by atoms with E-state index in [2.05, 4.69) is 30.0 Å². The van der Waals surface area contributed by atoms with E-state index >= 15 is 0 Å². The van der Waals surface area contributed by atoms with Crippen molar-refractivity contribution in [2.24, 2.45) is 5.92 Å². The van der Waals surface area contributed by atoms with Crippen LogP contribution < -0.4 is 16.2 Å². The first-order chi connectivity index (χ1) is 11.4. The quantitative estimate of drug-likeness (QED) is 0.565. The summed E-state index contributed by atoms with van der Waals surface area (Å²) >= 11 is 11.0. The predicted molar refractivity (Wildman–Crippen MR) is 103 cm³/mol. The third-order valence-electron chi connectivity index (χ3n) is 3.25. The summed E-state index contributed by atoms with van der Waals surface area (Å²) in [6.45, 7) is 4.33. The monoisotopic (exact) mass is 361 g/mol. The van der Waals surface area contributed by atoms with Crippen LogP contribution in [0.15, 0.2) is 48.5 Å². The molecule has 0 aliphatic rings. The predicted octanol–water partition coefficient (Wildman–Crippen LogP) is 4.17. The van der Waals surface area contributed by atoms with Gasteiger partial charge >= 0.3 is 0 Å². The minimum atomic E-state index is -0.244. The number of hydrazine groups is 1. The molecule has 0 unspecified atom stereocenters. The number of amides is 1. The Bertz CT molecular complexity index is 699. The van der Waals surface area contributed by atoms with Gasteiger partial charge in [-0.2, -0.15) is 0 Å². The van der Waals surface area contributed by atoms with E-state index in [1.807, 2.05) is 24.3 Å². The Balaban J connectivity index is 1.83. The van der Waals surface area contributed by atoms with Gasteiger partial charge in [0.25, 0.3) is 5.91 Å². The van der Waals surface area contributed by atoms with E-state index in [0.29, 0.717) is 21.6 Å². The lowest BCUT2D eigenvalue weighted by atomic mass is 10.0. The number of thiocarbonyl (C=S) groups is 1. The molecule has 24 heavy (non-hydrogen) atoms. The maximum atomic E-state index is 12.1. The van der Waals surface area contributed by atoms with Crippen LogP contribution in [0.3, 0.4) is 0 Å². The number of hydrogen-bond donors (Lipinski definition) is 3. The van der Waals surface area contributed by atoms with Crippen molar-refractivity contribution in [2.45, 2.75) is 20.3 Å². The van der Waals surface area contributed by atoms with E-state index in [-0.39, 0.29) is 5.91 Å². The van der Waals surface area contributed by atoms with Gasteiger partial charge in [-0.1, -0.05) is 37.6 Å². The van der Waals surface area contributed by atoms with E-state index in [4.69, 9.17) is 23.8 Å². The molecule has 2 rings (SSSR count). The minimum absolute atomic E-state index is 0.244. The minimum Gasteiger partial charge on any atom is -0.331 e. The Labute approximate surface area is 152 Å². The maximum absolute atomic E-state index is 12.1. The Morgan fingerprint density at radius 1 is 1.04 bits per heavy atom. The van der Waals surface area contributed by atoms with E-state index in [1.165, 1.54) is 5.56 Å². The Morgan fingerprint density at radius 2 is 1.67 bits per heavy atom. The van der Waals surface area contributed by atoms with Crippen LogP contribution in [0, 0.1) is 5.92 Å². The first kappa shape index (κ1) is 18.2. The highest BCUT2D eigenvalue weighted by Crippen LogP contribution is 2.13. The van der Waals surface area contributed by atoms with Crippen LogP contribution in [-0.4, -0.2) is 11.0 Å². The molecule has 4 nitrogen and oxygen atoms in total. The molecule has 0 aromatic heterocycles. The summed E-state index contributed by atoms with van der Waals surface area (Å²) < 4.78 is 0. The summed E-state index contributed by atoms with van der Waals surface area (Å²) in [6, 6.07) is 14.7. The molecular weight excluding hydrogens is 342 g/mol. The van der Waals surface area contributed by atoms with Gasteiger partial charge < -0.3 is 5.32 Å². The average molecular weight is 362 g/mol. The van der Waals surface area contributed by atoms with E-state index in [1.54, 1.807) is 24.3 Å². The van der Waals surface area contributed by atoms with Crippen LogP contribution in [0.25, 0.3) is 0 Å². The topological polar surface area (TPSA) is 53.2 Å². The normalized spacial score (nSPS) is 10.3. The Kier molecular flexibility index (Phi) is 6.58. The van der Waals surface area contributed by atoms with Crippen molar-refractivity contribution in [1.29, 1.82) is 0 Å². The van der Waals surface area contributed by atoms with Crippen molar-refractivity contribution in [3.05, 3.63) is 64.7 Å². The molecule has 0 aliphatic heterocycles. The molecule has 3 N–H and O–H groups in total. The largest absolute Gasteiger partial charge is 0.331 e. The fraction of sp³-hybridized carbons (Fsp3) is 0.222. The highest BCUT2D eigenvalue weighted by molar-refractivity contribution is 7.80. The molecule has 0 bridgehead atoms. The van der Waals surface area contributed by atoms with Crippen LogP contribution in [-0.2, 0) is 6.42 Å². The average Bonchev–Trinajstić information content (AvgIpc) is 2.55. The molecule has 1 amide bonds.